The van der Waals surface area contributed by atoms with Crippen LogP contribution in [0.5, 0.6) is 11.5 Å². The molecule has 0 radical (unpaired) electrons. The average Bonchev–Trinajstić information content (AvgIpc) is 2.77. The lowest BCUT2D eigenvalue weighted by atomic mass is 10.2. The standard InChI is InChI=1S/C22H20N2O4S/c1-27-22-13-19(9-12-21(22)28-16-18-5-3-2-4-6-18)15-24-29(25,26)20-10-7-17(14-23)8-11-20/h2-13,24H,15-16H2,1H3. The van der Waals surface area contributed by atoms with Crippen LogP contribution in [0.15, 0.2) is 77.7 Å². The van der Waals surface area contributed by atoms with Crippen LogP contribution in [0.2, 0.25) is 0 Å². The highest BCUT2D eigenvalue weighted by atomic mass is 32.2. The Balaban J connectivity index is 1.67. The highest BCUT2D eigenvalue weighted by Gasteiger charge is 2.14. The van der Waals surface area contributed by atoms with E-state index in [9.17, 15) is 8.42 Å². The average molecular weight is 408 g/mol. The number of sulfonamides is 1. The van der Waals surface area contributed by atoms with E-state index in [4.69, 9.17) is 14.7 Å². The lowest BCUT2D eigenvalue weighted by molar-refractivity contribution is 0.284. The molecule has 0 aliphatic heterocycles. The molecule has 0 aliphatic rings. The van der Waals surface area contributed by atoms with Gasteiger partial charge < -0.3 is 9.47 Å². The fourth-order valence-corrected chi connectivity index (χ4v) is 3.66. The highest BCUT2D eigenvalue weighted by molar-refractivity contribution is 7.89. The molecular formula is C22H20N2O4S. The van der Waals surface area contributed by atoms with Gasteiger partial charge in [0.25, 0.3) is 0 Å². The summed E-state index contributed by atoms with van der Waals surface area (Å²) >= 11 is 0. The fourth-order valence-electron chi connectivity index (χ4n) is 2.65. The Morgan fingerprint density at radius 3 is 2.31 bits per heavy atom. The zero-order chi connectivity index (χ0) is 20.7. The molecule has 6 nitrogen and oxygen atoms in total. The van der Waals surface area contributed by atoms with Crippen molar-refractivity contribution in [3.63, 3.8) is 0 Å². The lowest BCUT2D eigenvalue weighted by Gasteiger charge is -2.13. The maximum absolute atomic E-state index is 12.4. The van der Waals surface area contributed by atoms with Crippen molar-refractivity contribution in [1.29, 1.82) is 5.26 Å². The monoisotopic (exact) mass is 408 g/mol. The van der Waals surface area contributed by atoms with Gasteiger partial charge in [0.15, 0.2) is 11.5 Å². The molecule has 0 saturated heterocycles. The van der Waals surface area contributed by atoms with Crippen LogP contribution >= 0.6 is 0 Å². The third-order valence-electron chi connectivity index (χ3n) is 4.23. The van der Waals surface area contributed by atoms with Gasteiger partial charge in [-0.15, -0.1) is 0 Å². The Morgan fingerprint density at radius 2 is 1.66 bits per heavy atom. The number of benzene rings is 3. The predicted molar refractivity (Wildman–Crippen MR) is 109 cm³/mol. The lowest BCUT2D eigenvalue weighted by Crippen LogP contribution is -2.23. The summed E-state index contributed by atoms with van der Waals surface area (Å²) in [5.41, 5.74) is 2.17. The fraction of sp³-hybridized carbons (Fsp3) is 0.136. The molecule has 0 heterocycles. The Labute approximate surface area is 170 Å². The van der Waals surface area contributed by atoms with Gasteiger partial charge in [0.1, 0.15) is 6.61 Å². The van der Waals surface area contributed by atoms with Crippen molar-refractivity contribution in [3.05, 3.63) is 89.5 Å². The first-order chi connectivity index (χ1) is 14.0. The van der Waals surface area contributed by atoms with E-state index >= 15 is 0 Å². The maximum Gasteiger partial charge on any atom is 0.240 e. The van der Waals surface area contributed by atoms with Crippen LogP contribution in [0.3, 0.4) is 0 Å². The summed E-state index contributed by atoms with van der Waals surface area (Å²) in [6, 6.07) is 22.8. The Kier molecular flexibility index (Phi) is 6.50. The van der Waals surface area contributed by atoms with Crippen molar-refractivity contribution in [3.8, 4) is 17.6 Å². The minimum absolute atomic E-state index is 0.0949. The molecular weight excluding hydrogens is 388 g/mol. The summed E-state index contributed by atoms with van der Waals surface area (Å²) in [7, 11) is -2.15. The van der Waals surface area contributed by atoms with Gasteiger partial charge in [0.2, 0.25) is 10.0 Å². The highest BCUT2D eigenvalue weighted by Crippen LogP contribution is 2.29. The first-order valence-electron chi connectivity index (χ1n) is 8.85. The van der Waals surface area contributed by atoms with E-state index in [1.165, 1.54) is 31.4 Å². The Bertz CT molecular complexity index is 1110. The molecule has 0 amide bonds. The van der Waals surface area contributed by atoms with Crippen molar-refractivity contribution in [1.82, 2.24) is 4.72 Å². The summed E-state index contributed by atoms with van der Waals surface area (Å²) in [6.45, 7) is 0.500. The van der Waals surface area contributed by atoms with Gasteiger partial charge in [0.05, 0.1) is 23.6 Å². The van der Waals surface area contributed by atoms with Crippen molar-refractivity contribution in [2.24, 2.45) is 0 Å². The summed E-state index contributed by atoms with van der Waals surface area (Å²) in [5, 5.41) is 8.82. The number of nitriles is 1. The molecule has 1 N–H and O–H groups in total. The van der Waals surface area contributed by atoms with E-state index in [-0.39, 0.29) is 11.4 Å². The van der Waals surface area contributed by atoms with Crippen LogP contribution in [0.1, 0.15) is 16.7 Å². The maximum atomic E-state index is 12.4. The Morgan fingerprint density at radius 1 is 0.931 bits per heavy atom. The van der Waals surface area contributed by atoms with Crippen LogP contribution in [0.25, 0.3) is 0 Å². The van der Waals surface area contributed by atoms with Gasteiger partial charge in [0, 0.05) is 6.54 Å². The van der Waals surface area contributed by atoms with Gasteiger partial charge >= 0.3 is 0 Å². The second-order valence-corrected chi connectivity index (χ2v) is 7.99. The van der Waals surface area contributed by atoms with E-state index in [1.54, 1.807) is 18.2 Å². The summed E-state index contributed by atoms with van der Waals surface area (Å²) < 4.78 is 38.6. The molecule has 148 valence electrons. The number of nitrogens with one attached hydrogen (secondary N) is 1. The first kappa shape index (κ1) is 20.4. The number of hydrogen-bond donors (Lipinski definition) is 1. The molecule has 29 heavy (non-hydrogen) atoms. The largest absolute Gasteiger partial charge is 0.493 e. The van der Waals surface area contributed by atoms with Gasteiger partial charge in [-0.1, -0.05) is 36.4 Å². The molecule has 0 atom stereocenters. The minimum atomic E-state index is -3.69. The van der Waals surface area contributed by atoms with E-state index in [0.29, 0.717) is 23.7 Å². The molecule has 7 heteroatoms. The smallest absolute Gasteiger partial charge is 0.240 e. The predicted octanol–water partition coefficient (Wildman–Crippen LogP) is 3.62. The number of ether oxygens (including phenoxy) is 2. The molecule has 0 saturated carbocycles. The molecule has 0 aliphatic carbocycles. The second-order valence-electron chi connectivity index (χ2n) is 6.22. The van der Waals surface area contributed by atoms with Gasteiger partial charge in [-0.05, 0) is 47.5 Å². The molecule has 0 spiro atoms. The van der Waals surface area contributed by atoms with Crippen molar-refractivity contribution in [2.45, 2.75) is 18.0 Å². The molecule has 0 aromatic heterocycles. The van der Waals surface area contributed by atoms with Crippen LogP contribution in [-0.2, 0) is 23.2 Å². The first-order valence-corrected chi connectivity index (χ1v) is 10.3. The SMILES string of the molecule is COc1cc(CNS(=O)(=O)c2ccc(C#N)cc2)ccc1OCc1ccccc1. The van der Waals surface area contributed by atoms with Crippen molar-refractivity contribution in [2.75, 3.05) is 7.11 Å². The van der Waals surface area contributed by atoms with Gasteiger partial charge in [-0.25, -0.2) is 13.1 Å². The third kappa shape index (κ3) is 5.35. The minimum Gasteiger partial charge on any atom is -0.493 e. The third-order valence-corrected chi connectivity index (χ3v) is 5.64. The quantitative estimate of drug-likeness (QED) is 0.615. The van der Waals surface area contributed by atoms with Gasteiger partial charge in [-0.2, -0.15) is 5.26 Å². The van der Waals surface area contributed by atoms with E-state index in [1.807, 2.05) is 36.4 Å². The number of nitrogens with zero attached hydrogens (tertiary/aromatic N) is 1. The topological polar surface area (TPSA) is 88.4 Å². The molecule has 0 bridgehead atoms. The Hall–Kier alpha value is -3.34. The van der Waals surface area contributed by atoms with Crippen LogP contribution < -0.4 is 14.2 Å². The van der Waals surface area contributed by atoms with Gasteiger partial charge in [-0.3, -0.25) is 0 Å². The van der Waals surface area contributed by atoms with E-state index in [2.05, 4.69) is 4.72 Å². The molecule has 3 aromatic rings. The normalized spacial score (nSPS) is 10.9. The molecule has 3 rings (SSSR count). The molecule has 0 fully saturated rings. The second kappa shape index (κ2) is 9.24. The number of hydrogen-bond acceptors (Lipinski definition) is 5. The van der Waals surface area contributed by atoms with Crippen LogP contribution in [0, 0.1) is 11.3 Å². The molecule has 3 aromatic carbocycles. The zero-order valence-corrected chi connectivity index (χ0v) is 16.6. The number of rotatable bonds is 8. The van der Waals surface area contributed by atoms with Crippen LogP contribution in [-0.4, -0.2) is 15.5 Å². The summed E-state index contributed by atoms with van der Waals surface area (Å²) in [4.78, 5) is 0.103. The summed E-state index contributed by atoms with van der Waals surface area (Å²) in [5.74, 6) is 1.10. The summed E-state index contributed by atoms with van der Waals surface area (Å²) in [6.07, 6.45) is 0. The van der Waals surface area contributed by atoms with E-state index < -0.39 is 10.0 Å². The van der Waals surface area contributed by atoms with Crippen LogP contribution in [0.4, 0.5) is 0 Å². The molecule has 0 unspecified atom stereocenters. The zero-order valence-electron chi connectivity index (χ0n) is 15.8. The van der Waals surface area contributed by atoms with Crippen molar-refractivity contribution < 1.29 is 17.9 Å². The number of methoxy groups -OCH3 is 1. The van der Waals surface area contributed by atoms with E-state index in [0.717, 1.165) is 11.1 Å². The van der Waals surface area contributed by atoms with Crippen molar-refractivity contribution >= 4 is 10.0 Å².